The molecule has 1 aromatic rings. The summed E-state index contributed by atoms with van der Waals surface area (Å²) in [5.74, 6) is 0.922. The zero-order chi connectivity index (χ0) is 18.1. The van der Waals surface area contributed by atoms with Gasteiger partial charge in [0.25, 0.3) is 5.91 Å². The minimum atomic E-state index is -0.790. The first-order valence-corrected chi connectivity index (χ1v) is 8.05. The zero-order valence-corrected chi connectivity index (χ0v) is 15.0. The number of aryl methyl sites for hydroxylation is 1. The summed E-state index contributed by atoms with van der Waals surface area (Å²) in [5.41, 5.74) is 0.932. The minimum Gasteiger partial charge on any atom is -0.493 e. The molecule has 1 amide bonds. The number of nitrogens with one attached hydrogen (secondary N) is 1. The van der Waals surface area contributed by atoms with Crippen molar-refractivity contribution in [3.8, 4) is 11.5 Å². The van der Waals surface area contributed by atoms with E-state index in [0.717, 1.165) is 5.56 Å². The highest BCUT2D eigenvalue weighted by molar-refractivity contribution is 5.83. The molecule has 0 saturated carbocycles. The van der Waals surface area contributed by atoms with Crippen LogP contribution in [-0.2, 0) is 20.7 Å². The molecule has 134 valence electrons. The summed E-state index contributed by atoms with van der Waals surface area (Å²) in [5, 5.41) is 2.74. The Balaban J connectivity index is 2.47. The summed E-state index contributed by atoms with van der Waals surface area (Å²) in [6, 6.07) is 5.49. The summed E-state index contributed by atoms with van der Waals surface area (Å²) in [4.78, 5) is 23.7. The molecule has 1 aromatic carbocycles. The lowest BCUT2D eigenvalue weighted by Gasteiger charge is -2.14. The number of carbonyl (C=O) groups is 2. The van der Waals surface area contributed by atoms with Gasteiger partial charge in [0.05, 0.1) is 14.2 Å². The van der Waals surface area contributed by atoms with Crippen LogP contribution in [-0.4, -0.2) is 38.7 Å². The maximum Gasteiger partial charge on any atom is 0.306 e. The fourth-order valence-electron chi connectivity index (χ4n) is 2.04. The molecule has 0 aliphatic rings. The molecular formula is C18H27NO5. The first-order chi connectivity index (χ1) is 11.4. The second-order valence-corrected chi connectivity index (χ2v) is 5.96. The summed E-state index contributed by atoms with van der Waals surface area (Å²) in [6.45, 7) is 6.14. The third-order valence-corrected chi connectivity index (χ3v) is 3.43. The van der Waals surface area contributed by atoms with Crippen molar-refractivity contribution in [3.63, 3.8) is 0 Å². The highest BCUT2D eigenvalue weighted by Crippen LogP contribution is 2.27. The molecule has 1 atom stereocenters. The number of methoxy groups -OCH3 is 2. The van der Waals surface area contributed by atoms with Gasteiger partial charge in [-0.05, 0) is 37.0 Å². The summed E-state index contributed by atoms with van der Waals surface area (Å²) in [7, 11) is 3.13. The van der Waals surface area contributed by atoms with Gasteiger partial charge in [-0.25, -0.2) is 0 Å². The largest absolute Gasteiger partial charge is 0.493 e. The molecule has 0 unspecified atom stereocenters. The van der Waals surface area contributed by atoms with Crippen molar-refractivity contribution in [1.29, 1.82) is 0 Å². The Morgan fingerprint density at radius 2 is 1.75 bits per heavy atom. The topological polar surface area (TPSA) is 73.9 Å². The molecular weight excluding hydrogens is 310 g/mol. The van der Waals surface area contributed by atoms with Crippen molar-refractivity contribution in [2.75, 3.05) is 20.8 Å². The van der Waals surface area contributed by atoms with Gasteiger partial charge in [0.2, 0.25) is 0 Å². The minimum absolute atomic E-state index is 0.192. The fourth-order valence-corrected chi connectivity index (χ4v) is 2.04. The molecule has 24 heavy (non-hydrogen) atoms. The Labute approximate surface area is 143 Å². The van der Waals surface area contributed by atoms with E-state index in [1.165, 1.54) is 0 Å². The fraction of sp³-hybridized carbons (Fsp3) is 0.556. The van der Waals surface area contributed by atoms with Crippen LogP contribution in [0.5, 0.6) is 11.5 Å². The average molecular weight is 337 g/mol. The van der Waals surface area contributed by atoms with E-state index in [4.69, 9.17) is 14.2 Å². The number of esters is 1. The first kappa shape index (κ1) is 19.8. The van der Waals surface area contributed by atoms with Gasteiger partial charge in [-0.3, -0.25) is 9.59 Å². The van der Waals surface area contributed by atoms with Crippen molar-refractivity contribution in [1.82, 2.24) is 5.32 Å². The van der Waals surface area contributed by atoms with E-state index in [-0.39, 0.29) is 12.3 Å². The molecule has 0 radical (unpaired) electrons. The lowest BCUT2D eigenvalue weighted by atomic mass is 10.1. The number of hydrogen-bond acceptors (Lipinski definition) is 5. The maximum atomic E-state index is 11.9. The van der Waals surface area contributed by atoms with Gasteiger partial charge < -0.3 is 19.5 Å². The Morgan fingerprint density at radius 3 is 2.33 bits per heavy atom. The molecule has 0 fully saturated rings. The molecule has 6 heteroatoms. The lowest BCUT2D eigenvalue weighted by Crippen LogP contribution is -2.37. The number of amides is 1. The summed E-state index contributed by atoms with van der Waals surface area (Å²) >= 11 is 0. The van der Waals surface area contributed by atoms with Gasteiger partial charge in [-0.2, -0.15) is 0 Å². The lowest BCUT2D eigenvalue weighted by molar-refractivity contribution is -0.154. The van der Waals surface area contributed by atoms with Crippen molar-refractivity contribution in [2.24, 2.45) is 5.92 Å². The van der Waals surface area contributed by atoms with E-state index in [1.54, 1.807) is 27.2 Å². The van der Waals surface area contributed by atoms with E-state index in [2.05, 4.69) is 5.32 Å². The van der Waals surface area contributed by atoms with Crippen molar-refractivity contribution in [2.45, 2.75) is 39.7 Å². The smallest absolute Gasteiger partial charge is 0.306 e. The predicted octanol–water partition coefficient (Wildman–Crippen LogP) is 2.34. The first-order valence-electron chi connectivity index (χ1n) is 8.05. The van der Waals surface area contributed by atoms with E-state index < -0.39 is 12.1 Å². The number of ether oxygens (including phenoxy) is 3. The van der Waals surface area contributed by atoms with E-state index in [9.17, 15) is 9.59 Å². The summed E-state index contributed by atoms with van der Waals surface area (Å²) in [6.07, 6.45) is -0.0989. The predicted molar refractivity (Wildman–Crippen MR) is 91.3 cm³/mol. The van der Waals surface area contributed by atoms with Gasteiger partial charge in [-0.15, -0.1) is 0 Å². The molecule has 1 rings (SSSR count). The van der Waals surface area contributed by atoms with Gasteiger partial charge in [0.15, 0.2) is 17.6 Å². The molecule has 6 nitrogen and oxygen atoms in total. The van der Waals surface area contributed by atoms with Gasteiger partial charge >= 0.3 is 5.97 Å². The Bertz CT molecular complexity index is 556. The highest BCUT2D eigenvalue weighted by Gasteiger charge is 2.17. The van der Waals surface area contributed by atoms with Crippen LogP contribution in [0.4, 0.5) is 0 Å². The number of rotatable bonds is 9. The van der Waals surface area contributed by atoms with Crippen LogP contribution in [0.3, 0.4) is 0 Å². The second-order valence-electron chi connectivity index (χ2n) is 5.96. The monoisotopic (exact) mass is 337 g/mol. The second kappa shape index (κ2) is 9.80. The van der Waals surface area contributed by atoms with E-state index in [0.29, 0.717) is 30.4 Å². The molecule has 0 spiro atoms. The quantitative estimate of drug-likeness (QED) is 0.700. The summed E-state index contributed by atoms with van der Waals surface area (Å²) < 4.78 is 15.6. The van der Waals surface area contributed by atoms with E-state index in [1.807, 2.05) is 26.0 Å². The number of benzene rings is 1. The van der Waals surface area contributed by atoms with Crippen LogP contribution in [0.2, 0.25) is 0 Å². The molecule has 0 aromatic heterocycles. The third-order valence-electron chi connectivity index (χ3n) is 3.43. The average Bonchev–Trinajstić information content (AvgIpc) is 2.57. The molecule has 0 aliphatic carbocycles. The maximum absolute atomic E-state index is 11.9. The normalized spacial score (nSPS) is 11.8. The number of hydrogen-bond donors (Lipinski definition) is 1. The molecule has 0 aliphatic heterocycles. The van der Waals surface area contributed by atoms with Crippen molar-refractivity contribution >= 4 is 11.9 Å². The Morgan fingerprint density at radius 1 is 1.08 bits per heavy atom. The zero-order valence-electron chi connectivity index (χ0n) is 15.0. The SMILES string of the molecule is COc1ccc(CCC(=O)O[C@H](C)C(=O)NCC(C)C)cc1OC. The third kappa shape index (κ3) is 6.48. The molecule has 0 saturated heterocycles. The van der Waals surface area contributed by atoms with Crippen LogP contribution in [0.25, 0.3) is 0 Å². The molecule has 0 heterocycles. The van der Waals surface area contributed by atoms with Gasteiger partial charge in [-0.1, -0.05) is 19.9 Å². The van der Waals surface area contributed by atoms with Gasteiger partial charge in [0, 0.05) is 13.0 Å². The van der Waals surface area contributed by atoms with Crippen LogP contribution >= 0.6 is 0 Å². The van der Waals surface area contributed by atoms with Crippen molar-refractivity contribution < 1.29 is 23.8 Å². The Hall–Kier alpha value is -2.24. The highest BCUT2D eigenvalue weighted by atomic mass is 16.5. The van der Waals surface area contributed by atoms with Gasteiger partial charge in [0.1, 0.15) is 0 Å². The number of carbonyl (C=O) groups excluding carboxylic acids is 2. The Kier molecular flexibility index (Phi) is 8.09. The standard InChI is InChI=1S/C18H27NO5/c1-12(2)11-19-18(21)13(3)24-17(20)9-7-14-6-8-15(22-4)16(10-14)23-5/h6,8,10,12-13H,7,9,11H2,1-5H3,(H,19,21)/t13-/m1/s1. The van der Waals surface area contributed by atoms with Crippen LogP contribution in [0.15, 0.2) is 18.2 Å². The van der Waals surface area contributed by atoms with Crippen LogP contribution in [0, 0.1) is 5.92 Å². The van der Waals surface area contributed by atoms with Crippen LogP contribution in [0.1, 0.15) is 32.8 Å². The van der Waals surface area contributed by atoms with Crippen LogP contribution < -0.4 is 14.8 Å². The van der Waals surface area contributed by atoms with Crippen molar-refractivity contribution in [3.05, 3.63) is 23.8 Å². The van der Waals surface area contributed by atoms with E-state index >= 15 is 0 Å². The molecule has 1 N–H and O–H groups in total. The molecule has 0 bridgehead atoms.